The molecule has 10 nitrogen and oxygen atoms in total. The van der Waals surface area contributed by atoms with Gasteiger partial charge in [0.25, 0.3) is 0 Å². The van der Waals surface area contributed by atoms with Gasteiger partial charge in [-0.05, 0) is 60.2 Å². The Balaban J connectivity index is 1.06. The van der Waals surface area contributed by atoms with E-state index in [1.165, 1.54) is 29.3 Å². The summed E-state index contributed by atoms with van der Waals surface area (Å²) >= 11 is 4.83. The molecular weight excluding hydrogens is 557 g/mol. The van der Waals surface area contributed by atoms with Crippen molar-refractivity contribution in [3.05, 3.63) is 65.0 Å². The SMILES string of the molecule is Nc1nnc(-c2cc(F)ccc2O)cc1N1CC2CCC(C1)N2Cc1ccc2c(c1)CN(C1CCC(=O)NC1=O)C2S. The third-order valence-electron chi connectivity index (χ3n) is 9.14. The van der Waals surface area contributed by atoms with Crippen molar-refractivity contribution in [2.24, 2.45) is 0 Å². The number of halogens is 1. The summed E-state index contributed by atoms with van der Waals surface area (Å²) in [5.74, 6) is -0.671. The summed E-state index contributed by atoms with van der Waals surface area (Å²) < 4.78 is 13.9. The molecule has 42 heavy (non-hydrogen) atoms. The van der Waals surface area contributed by atoms with Crippen LogP contribution in [0.1, 0.15) is 47.7 Å². The Morgan fingerprint density at radius 2 is 1.83 bits per heavy atom. The van der Waals surface area contributed by atoms with E-state index in [-0.39, 0.29) is 34.5 Å². The molecule has 3 aromatic rings. The largest absolute Gasteiger partial charge is 0.507 e. The molecule has 4 N–H and O–H groups in total. The zero-order valence-corrected chi connectivity index (χ0v) is 23.8. The van der Waals surface area contributed by atoms with Gasteiger partial charge in [-0.3, -0.25) is 24.7 Å². The number of phenolic OH excluding ortho intramolecular Hbond substituents is 1. The van der Waals surface area contributed by atoms with Crippen LogP contribution in [0.15, 0.2) is 42.5 Å². The Bertz CT molecular complexity index is 1570. The second kappa shape index (κ2) is 10.5. The first-order valence-corrected chi connectivity index (χ1v) is 14.8. The number of rotatable bonds is 5. The number of nitrogens with two attached hydrogens (primary N) is 1. The number of imide groups is 1. The topological polar surface area (TPSA) is 128 Å². The Morgan fingerprint density at radius 1 is 1.05 bits per heavy atom. The number of thiol groups is 1. The molecule has 7 rings (SSSR count). The molecule has 4 aliphatic heterocycles. The maximum atomic E-state index is 13.9. The highest BCUT2D eigenvalue weighted by Crippen LogP contribution is 2.41. The minimum absolute atomic E-state index is 0.0647. The van der Waals surface area contributed by atoms with Crippen molar-refractivity contribution in [1.82, 2.24) is 25.3 Å². The fraction of sp³-hybridized carbons (Fsp3) is 0.400. The molecule has 4 unspecified atom stereocenters. The number of aromatic hydroxyl groups is 1. The number of hydrogen-bond acceptors (Lipinski definition) is 10. The van der Waals surface area contributed by atoms with Crippen LogP contribution in [-0.4, -0.2) is 68.1 Å². The molecule has 0 radical (unpaired) electrons. The average molecular weight is 590 g/mol. The molecule has 1 aromatic heterocycles. The van der Waals surface area contributed by atoms with Crippen molar-refractivity contribution in [3.63, 3.8) is 0 Å². The van der Waals surface area contributed by atoms with Crippen LogP contribution < -0.4 is 16.0 Å². The Kier molecular flexibility index (Phi) is 6.79. The van der Waals surface area contributed by atoms with Gasteiger partial charge in [-0.2, -0.15) is 12.6 Å². The van der Waals surface area contributed by atoms with E-state index >= 15 is 0 Å². The smallest absolute Gasteiger partial charge is 0.243 e. The number of fused-ring (bicyclic) bond motifs is 3. The molecule has 218 valence electrons. The summed E-state index contributed by atoms with van der Waals surface area (Å²) in [5.41, 5.74) is 11.2. The van der Waals surface area contributed by atoms with E-state index in [2.05, 4.69) is 48.4 Å². The molecule has 3 saturated heterocycles. The number of anilines is 2. The van der Waals surface area contributed by atoms with Gasteiger partial charge < -0.3 is 15.7 Å². The van der Waals surface area contributed by atoms with Crippen LogP contribution in [0.3, 0.4) is 0 Å². The number of amides is 2. The lowest BCUT2D eigenvalue weighted by Crippen LogP contribution is -2.53. The number of benzene rings is 2. The lowest BCUT2D eigenvalue weighted by atomic mass is 10.0. The van der Waals surface area contributed by atoms with E-state index in [0.29, 0.717) is 43.0 Å². The fourth-order valence-corrected chi connectivity index (χ4v) is 7.53. The highest BCUT2D eigenvalue weighted by molar-refractivity contribution is 7.80. The quantitative estimate of drug-likeness (QED) is 0.262. The standard InChI is InChI=1S/C30H32FN7O3S/c31-18-2-7-26(39)22(10-18)23-11-25(28(32)35-34-23)36-14-19-3-4-20(15-36)37(19)12-16-1-5-21-17(9-16)13-38(30(21)42)24-6-8-27(40)33-29(24)41/h1-2,5,7,9-11,19-20,24,30,39,42H,3-4,6,8,12-15H2,(H2,32,35)(H,33,40,41). The molecular formula is C30H32FN7O3S. The van der Waals surface area contributed by atoms with Crippen molar-refractivity contribution < 1.29 is 19.1 Å². The highest BCUT2D eigenvalue weighted by atomic mass is 32.1. The van der Waals surface area contributed by atoms with E-state index in [1.54, 1.807) is 6.07 Å². The minimum atomic E-state index is -0.463. The summed E-state index contributed by atoms with van der Waals surface area (Å²) in [7, 11) is 0. The van der Waals surface area contributed by atoms with Gasteiger partial charge in [0, 0.05) is 50.2 Å². The zero-order valence-electron chi connectivity index (χ0n) is 22.9. The molecule has 2 aromatic carbocycles. The number of phenols is 1. The van der Waals surface area contributed by atoms with Gasteiger partial charge in [0.1, 0.15) is 11.6 Å². The molecule has 2 amide bonds. The monoisotopic (exact) mass is 589 g/mol. The van der Waals surface area contributed by atoms with Crippen LogP contribution in [0.4, 0.5) is 15.9 Å². The number of piperidine rings is 1. The van der Waals surface area contributed by atoms with Gasteiger partial charge in [-0.15, -0.1) is 10.2 Å². The van der Waals surface area contributed by atoms with E-state index in [9.17, 15) is 19.1 Å². The first kappa shape index (κ1) is 27.1. The van der Waals surface area contributed by atoms with Crippen molar-refractivity contribution >= 4 is 35.9 Å². The van der Waals surface area contributed by atoms with E-state index < -0.39 is 5.82 Å². The maximum absolute atomic E-state index is 13.9. The first-order valence-electron chi connectivity index (χ1n) is 14.3. The van der Waals surface area contributed by atoms with Gasteiger partial charge >= 0.3 is 0 Å². The van der Waals surface area contributed by atoms with Crippen LogP contribution in [0.25, 0.3) is 11.3 Å². The summed E-state index contributed by atoms with van der Waals surface area (Å²) in [4.78, 5) is 31.0. The average Bonchev–Trinajstić information content (AvgIpc) is 3.39. The van der Waals surface area contributed by atoms with Crippen molar-refractivity contribution in [2.75, 3.05) is 23.7 Å². The number of carbonyl (C=O) groups excluding carboxylic acids is 2. The number of nitrogens with one attached hydrogen (secondary N) is 1. The number of piperazine rings is 1. The van der Waals surface area contributed by atoms with Crippen LogP contribution >= 0.6 is 12.6 Å². The maximum Gasteiger partial charge on any atom is 0.243 e. The van der Waals surface area contributed by atoms with Crippen molar-refractivity contribution in [3.8, 4) is 17.0 Å². The van der Waals surface area contributed by atoms with Crippen molar-refractivity contribution in [1.29, 1.82) is 0 Å². The molecule has 4 atom stereocenters. The Hall–Kier alpha value is -3.74. The van der Waals surface area contributed by atoms with Crippen LogP contribution in [0, 0.1) is 5.82 Å². The number of carbonyl (C=O) groups is 2. The molecule has 12 heteroatoms. The van der Waals surface area contributed by atoms with Gasteiger partial charge in [0.15, 0.2) is 5.82 Å². The van der Waals surface area contributed by atoms with Gasteiger partial charge in [-0.1, -0.05) is 18.2 Å². The predicted octanol–water partition coefficient (Wildman–Crippen LogP) is 2.97. The number of aromatic nitrogens is 2. The Morgan fingerprint density at radius 3 is 2.60 bits per heavy atom. The molecule has 2 bridgehead atoms. The first-order chi connectivity index (χ1) is 20.2. The Labute approximate surface area is 248 Å². The van der Waals surface area contributed by atoms with Crippen LogP contribution in [0.2, 0.25) is 0 Å². The fourth-order valence-electron chi connectivity index (χ4n) is 7.03. The molecule has 0 aliphatic carbocycles. The van der Waals surface area contributed by atoms with E-state index in [0.717, 1.165) is 43.7 Å². The number of hydrogen-bond donors (Lipinski definition) is 4. The van der Waals surface area contributed by atoms with Crippen molar-refractivity contribution in [2.45, 2.75) is 62.3 Å². The van der Waals surface area contributed by atoms with Crippen LogP contribution in [-0.2, 0) is 22.7 Å². The predicted molar refractivity (Wildman–Crippen MR) is 158 cm³/mol. The molecule has 0 spiro atoms. The van der Waals surface area contributed by atoms with E-state index in [4.69, 9.17) is 18.4 Å². The highest BCUT2D eigenvalue weighted by Gasteiger charge is 2.42. The lowest BCUT2D eigenvalue weighted by molar-refractivity contribution is -0.137. The third-order valence-corrected chi connectivity index (χ3v) is 9.71. The van der Waals surface area contributed by atoms with Crippen LogP contribution in [0.5, 0.6) is 5.75 Å². The summed E-state index contributed by atoms with van der Waals surface area (Å²) in [6.45, 7) is 2.99. The molecule has 4 aliphatic rings. The summed E-state index contributed by atoms with van der Waals surface area (Å²) in [5, 5.41) is 20.8. The summed E-state index contributed by atoms with van der Waals surface area (Å²) in [6.07, 6.45) is 3.01. The minimum Gasteiger partial charge on any atom is -0.507 e. The molecule has 3 fully saturated rings. The number of nitrogen functional groups attached to an aromatic ring is 1. The summed E-state index contributed by atoms with van der Waals surface area (Å²) in [6, 6.07) is 12.4. The zero-order chi connectivity index (χ0) is 29.1. The lowest BCUT2D eigenvalue weighted by Gasteiger charge is -2.42. The van der Waals surface area contributed by atoms with E-state index in [1.807, 2.05) is 0 Å². The third kappa shape index (κ3) is 4.77. The normalized spacial score (nSPS) is 26.0. The van der Waals surface area contributed by atoms with Gasteiger partial charge in [0.2, 0.25) is 11.8 Å². The number of nitrogens with zero attached hydrogens (tertiary/aromatic N) is 5. The second-order valence-electron chi connectivity index (χ2n) is 11.7. The second-order valence-corrected chi connectivity index (χ2v) is 12.2. The molecule has 0 saturated carbocycles. The molecule has 5 heterocycles. The van der Waals surface area contributed by atoms with Gasteiger partial charge in [0.05, 0.1) is 22.8 Å². The van der Waals surface area contributed by atoms with Gasteiger partial charge in [-0.25, -0.2) is 4.39 Å².